The van der Waals surface area contributed by atoms with E-state index in [0.717, 1.165) is 10.9 Å². The van der Waals surface area contributed by atoms with Gasteiger partial charge in [0.15, 0.2) is 11.6 Å². The van der Waals surface area contributed by atoms with Gasteiger partial charge in [0.25, 0.3) is 0 Å². The van der Waals surface area contributed by atoms with Gasteiger partial charge >= 0.3 is 0 Å². The van der Waals surface area contributed by atoms with E-state index in [-0.39, 0.29) is 11.7 Å². The molecule has 2 aromatic rings. The molecule has 2 rings (SSSR count). The van der Waals surface area contributed by atoms with E-state index in [4.69, 9.17) is 0 Å². The zero-order valence-electron chi connectivity index (χ0n) is 8.58. The van der Waals surface area contributed by atoms with Gasteiger partial charge in [0.2, 0.25) is 0 Å². The molecule has 0 fully saturated rings. The van der Waals surface area contributed by atoms with Crippen LogP contribution in [0.25, 0.3) is 0 Å². The number of benzene rings is 1. The third-order valence-corrected chi connectivity index (χ3v) is 3.16. The molecular weight excluding hydrogens is 230 g/mol. The van der Waals surface area contributed by atoms with Gasteiger partial charge in [0.1, 0.15) is 0 Å². The van der Waals surface area contributed by atoms with Gasteiger partial charge in [-0.1, -0.05) is 6.07 Å². The summed E-state index contributed by atoms with van der Waals surface area (Å²) in [5.41, 5.74) is 1.87. The Labute approximate surface area is 96.0 Å². The van der Waals surface area contributed by atoms with Crippen molar-refractivity contribution < 1.29 is 8.78 Å². The van der Waals surface area contributed by atoms with Crippen LogP contribution in [0.4, 0.5) is 14.5 Å². The number of hydrogen-bond donors (Lipinski definition) is 1. The molecule has 84 valence electrons. The lowest BCUT2D eigenvalue weighted by molar-refractivity contribution is 0.510. The molecule has 1 heterocycles. The molecule has 0 saturated carbocycles. The van der Waals surface area contributed by atoms with E-state index < -0.39 is 11.6 Å². The number of hydrogen-bond acceptors (Lipinski definition) is 3. The molecule has 1 atom stereocenters. The van der Waals surface area contributed by atoms with Gasteiger partial charge in [-0.2, -0.15) is 0 Å². The van der Waals surface area contributed by atoms with Gasteiger partial charge < -0.3 is 5.32 Å². The predicted molar refractivity (Wildman–Crippen MR) is 60.5 cm³/mol. The first-order chi connectivity index (χ1) is 7.68. The molecule has 1 aromatic carbocycles. The fraction of sp³-hybridized carbons (Fsp3) is 0.182. The van der Waals surface area contributed by atoms with Crippen LogP contribution in [0.1, 0.15) is 17.8 Å². The highest BCUT2D eigenvalue weighted by atomic mass is 32.1. The Morgan fingerprint density at radius 1 is 1.38 bits per heavy atom. The number of rotatable bonds is 3. The van der Waals surface area contributed by atoms with Crippen LogP contribution in [-0.4, -0.2) is 4.98 Å². The molecule has 0 amide bonds. The second-order valence-corrected chi connectivity index (χ2v) is 4.29. The lowest BCUT2D eigenvalue weighted by Gasteiger charge is -2.13. The molecule has 0 radical (unpaired) electrons. The maximum atomic E-state index is 13.4. The van der Waals surface area contributed by atoms with E-state index in [2.05, 4.69) is 10.3 Å². The minimum atomic E-state index is -0.848. The first-order valence-corrected chi connectivity index (χ1v) is 5.65. The highest BCUT2D eigenvalue weighted by Crippen LogP contribution is 2.24. The first kappa shape index (κ1) is 11.0. The van der Waals surface area contributed by atoms with Gasteiger partial charge in [-0.25, -0.2) is 8.78 Å². The van der Waals surface area contributed by atoms with E-state index in [0.29, 0.717) is 0 Å². The molecular formula is C11H10F2N2S. The van der Waals surface area contributed by atoms with Crippen LogP contribution >= 0.6 is 11.3 Å². The second kappa shape index (κ2) is 4.57. The fourth-order valence-corrected chi connectivity index (χ4v) is 1.99. The Balaban J connectivity index is 2.18. The van der Waals surface area contributed by atoms with Crippen molar-refractivity contribution in [3.8, 4) is 0 Å². The molecule has 2 nitrogen and oxygen atoms in total. The zero-order chi connectivity index (χ0) is 11.5. The number of anilines is 1. The van der Waals surface area contributed by atoms with E-state index in [9.17, 15) is 8.78 Å². The van der Waals surface area contributed by atoms with Gasteiger partial charge in [0.05, 0.1) is 17.2 Å². The molecule has 0 saturated heterocycles. The van der Waals surface area contributed by atoms with Crippen LogP contribution in [0.5, 0.6) is 0 Å². The highest BCUT2D eigenvalue weighted by molar-refractivity contribution is 7.09. The van der Waals surface area contributed by atoms with Gasteiger partial charge in [0, 0.05) is 11.1 Å². The molecule has 1 aromatic heterocycles. The first-order valence-electron chi connectivity index (χ1n) is 4.77. The Kier molecular flexibility index (Phi) is 3.14. The SMILES string of the molecule is CC(Nc1cccc(F)c1F)c1cncs1. The summed E-state index contributed by atoms with van der Waals surface area (Å²) >= 11 is 1.47. The van der Waals surface area contributed by atoms with Crippen LogP contribution in [-0.2, 0) is 0 Å². The lowest BCUT2D eigenvalue weighted by Crippen LogP contribution is -2.07. The van der Waals surface area contributed by atoms with Crippen LogP contribution in [0.15, 0.2) is 29.9 Å². The van der Waals surface area contributed by atoms with Crippen LogP contribution in [0.3, 0.4) is 0 Å². The van der Waals surface area contributed by atoms with Crippen LogP contribution in [0.2, 0.25) is 0 Å². The van der Waals surface area contributed by atoms with Crippen molar-refractivity contribution in [1.82, 2.24) is 4.98 Å². The average Bonchev–Trinajstić information content (AvgIpc) is 2.78. The summed E-state index contributed by atoms with van der Waals surface area (Å²) in [6.07, 6.45) is 1.71. The van der Waals surface area contributed by atoms with Crippen LogP contribution < -0.4 is 5.32 Å². The summed E-state index contributed by atoms with van der Waals surface area (Å²) < 4.78 is 26.3. The minimum Gasteiger partial charge on any atom is -0.375 e. The predicted octanol–water partition coefficient (Wildman–Crippen LogP) is 3.59. The van der Waals surface area contributed by atoms with Crippen molar-refractivity contribution >= 4 is 17.0 Å². The fourth-order valence-electron chi connectivity index (χ4n) is 1.36. The summed E-state index contributed by atoms with van der Waals surface area (Å²) in [6, 6.07) is 3.98. The minimum absolute atomic E-state index is 0.0937. The molecule has 1 N–H and O–H groups in total. The van der Waals surface area contributed by atoms with Crippen molar-refractivity contribution in [2.75, 3.05) is 5.32 Å². The molecule has 5 heteroatoms. The zero-order valence-corrected chi connectivity index (χ0v) is 9.39. The summed E-state index contributed by atoms with van der Waals surface area (Å²) in [4.78, 5) is 4.91. The smallest absolute Gasteiger partial charge is 0.181 e. The van der Waals surface area contributed by atoms with Crippen molar-refractivity contribution in [2.24, 2.45) is 0 Å². The number of thiazole rings is 1. The van der Waals surface area contributed by atoms with Crippen molar-refractivity contribution in [3.05, 3.63) is 46.4 Å². The summed E-state index contributed by atoms with van der Waals surface area (Å²) in [7, 11) is 0. The van der Waals surface area contributed by atoms with Crippen LogP contribution in [0, 0.1) is 11.6 Å². The van der Waals surface area contributed by atoms with E-state index in [1.54, 1.807) is 11.7 Å². The summed E-state index contributed by atoms with van der Waals surface area (Å²) in [6.45, 7) is 1.87. The summed E-state index contributed by atoms with van der Waals surface area (Å²) in [5.74, 6) is -1.69. The molecule has 0 aliphatic heterocycles. The highest BCUT2D eigenvalue weighted by Gasteiger charge is 2.12. The average molecular weight is 240 g/mol. The number of aromatic nitrogens is 1. The van der Waals surface area contributed by atoms with E-state index in [1.165, 1.54) is 23.5 Å². The number of halogens is 2. The van der Waals surface area contributed by atoms with Gasteiger partial charge in [-0.15, -0.1) is 11.3 Å². The number of nitrogens with zero attached hydrogens (tertiary/aromatic N) is 1. The molecule has 1 unspecified atom stereocenters. The van der Waals surface area contributed by atoms with E-state index >= 15 is 0 Å². The molecule has 0 aliphatic rings. The Hall–Kier alpha value is -1.49. The second-order valence-electron chi connectivity index (χ2n) is 3.37. The molecule has 16 heavy (non-hydrogen) atoms. The molecule has 0 aliphatic carbocycles. The standard InChI is InChI=1S/C11H10F2N2S/c1-7(10-5-14-6-16-10)15-9-4-2-3-8(12)11(9)13/h2-7,15H,1H3. The molecule has 0 bridgehead atoms. The number of nitrogens with one attached hydrogen (secondary N) is 1. The Bertz CT molecular complexity index is 471. The Morgan fingerprint density at radius 3 is 2.88 bits per heavy atom. The monoisotopic (exact) mass is 240 g/mol. The third-order valence-electron chi connectivity index (χ3n) is 2.20. The molecule has 0 spiro atoms. The maximum absolute atomic E-state index is 13.4. The van der Waals surface area contributed by atoms with E-state index in [1.807, 2.05) is 6.92 Å². The normalized spacial score (nSPS) is 12.4. The van der Waals surface area contributed by atoms with Crippen molar-refractivity contribution in [1.29, 1.82) is 0 Å². The van der Waals surface area contributed by atoms with Crippen molar-refractivity contribution in [2.45, 2.75) is 13.0 Å². The topological polar surface area (TPSA) is 24.9 Å². The van der Waals surface area contributed by atoms with Crippen molar-refractivity contribution in [3.63, 3.8) is 0 Å². The Morgan fingerprint density at radius 2 is 2.19 bits per heavy atom. The van der Waals surface area contributed by atoms with Gasteiger partial charge in [-0.3, -0.25) is 4.98 Å². The lowest BCUT2D eigenvalue weighted by atomic mass is 10.2. The largest absolute Gasteiger partial charge is 0.375 e. The van der Waals surface area contributed by atoms with Gasteiger partial charge in [-0.05, 0) is 19.1 Å². The maximum Gasteiger partial charge on any atom is 0.181 e. The quantitative estimate of drug-likeness (QED) is 0.886. The third kappa shape index (κ3) is 2.19. The summed E-state index contributed by atoms with van der Waals surface area (Å²) in [5, 5.41) is 2.91.